The van der Waals surface area contributed by atoms with Crippen LogP contribution in [-0.2, 0) is 7.05 Å². The second kappa shape index (κ2) is 4.03. The molecule has 0 unspecified atom stereocenters. The lowest BCUT2D eigenvalue weighted by Gasteiger charge is -2.56. The van der Waals surface area contributed by atoms with Crippen LogP contribution in [0, 0.1) is 23.2 Å². The average molecular weight is 262 g/mol. The van der Waals surface area contributed by atoms with Crippen LogP contribution in [0.3, 0.4) is 0 Å². The van der Waals surface area contributed by atoms with Gasteiger partial charge in [0.1, 0.15) is 0 Å². The fourth-order valence-electron chi connectivity index (χ4n) is 5.18. The molecule has 4 saturated carbocycles. The maximum Gasteiger partial charge on any atom is 0.167 e. The summed E-state index contributed by atoms with van der Waals surface area (Å²) in [6, 6.07) is 0. The zero-order chi connectivity index (χ0) is 12.2. The zero-order valence-electron chi connectivity index (χ0n) is 11.1. The van der Waals surface area contributed by atoms with E-state index in [1.807, 2.05) is 18.0 Å². The molecule has 4 fully saturated rings. The number of hydrogen-bond acceptors (Lipinski definition) is 2. The van der Waals surface area contributed by atoms with Crippen LogP contribution in [0.2, 0.25) is 0 Å². The molecule has 4 bridgehead atoms. The van der Waals surface area contributed by atoms with E-state index in [1.165, 1.54) is 30.2 Å². The molecular formula is C15H22N2S. The molecule has 3 heteroatoms. The van der Waals surface area contributed by atoms with Gasteiger partial charge in [0.15, 0.2) is 5.16 Å². The summed E-state index contributed by atoms with van der Waals surface area (Å²) in [5, 5.41) is 1.20. The van der Waals surface area contributed by atoms with E-state index >= 15 is 0 Å². The minimum absolute atomic E-state index is 0.672. The van der Waals surface area contributed by atoms with Gasteiger partial charge in [-0.2, -0.15) is 0 Å². The smallest absolute Gasteiger partial charge is 0.167 e. The monoisotopic (exact) mass is 262 g/mol. The first kappa shape index (κ1) is 11.4. The molecule has 4 aliphatic rings. The van der Waals surface area contributed by atoms with Gasteiger partial charge in [-0.05, 0) is 61.7 Å². The van der Waals surface area contributed by atoms with E-state index in [4.69, 9.17) is 0 Å². The highest BCUT2D eigenvalue weighted by molar-refractivity contribution is 7.99. The predicted molar refractivity (Wildman–Crippen MR) is 74.5 cm³/mol. The van der Waals surface area contributed by atoms with Gasteiger partial charge in [0.05, 0.1) is 0 Å². The molecule has 4 aliphatic carbocycles. The fraction of sp³-hybridized carbons (Fsp3) is 0.800. The maximum atomic E-state index is 4.46. The van der Waals surface area contributed by atoms with Gasteiger partial charge in [-0.15, -0.1) is 0 Å². The summed E-state index contributed by atoms with van der Waals surface area (Å²) < 4.78 is 2.16. The molecule has 0 aliphatic heterocycles. The highest BCUT2D eigenvalue weighted by Gasteiger charge is 2.50. The van der Waals surface area contributed by atoms with Crippen molar-refractivity contribution in [3.8, 4) is 0 Å². The van der Waals surface area contributed by atoms with E-state index in [2.05, 4.69) is 22.8 Å². The Morgan fingerprint density at radius 2 is 1.83 bits per heavy atom. The zero-order valence-corrected chi connectivity index (χ0v) is 12.0. The van der Waals surface area contributed by atoms with Crippen LogP contribution in [0.1, 0.15) is 38.5 Å². The summed E-state index contributed by atoms with van der Waals surface area (Å²) in [5.41, 5.74) is 0.672. The van der Waals surface area contributed by atoms with E-state index in [9.17, 15) is 0 Å². The van der Waals surface area contributed by atoms with Gasteiger partial charge in [0, 0.05) is 25.2 Å². The lowest BCUT2D eigenvalue weighted by molar-refractivity contribution is -0.0381. The van der Waals surface area contributed by atoms with Crippen molar-refractivity contribution in [2.24, 2.45) is 30.2 Å². The fourth-order valence-corrected chi connectivity index (χ4v) is 6.36. The van der Waals surface area contributed by atoms with Gasteiger partial charge >= 0.3 is 0 Å². The highest BCUT2D eigenvalue weighted by Crippen LogP contribution is 2.61. The molecule has 5 rings (SSSR count). The average Bonchev–Trinajstić information content (AvgIpc) is 2.70. The maximum absolute atomic E-state index is 4.46. The van der Waals surface area contributed by atoms with Crippen LogP contribution in [0.15, 0.2) is 17.6 Å². The number of hydrogen-bond donors (Lipinski definition) is 0. The second-order valence-corrected chi connectivity index (χ2v) is 7.97. The van der Waals surface area contributed by atoms with E-state index < -0.39 is 0 Å². The summed E-state index contributed by atoms with van der Waals surface area (Å²) in [4.78, 5) is 4.46. The Labute approximate surface area is 114 Å². The molecule has 0 saturated heterocycles. The van der Waals surface area contributed by atoms with Crippen molar-refractivity contribution in [3.63, 3.8) is 0 Å². The lowest BCUT2D eigenvalue weighted by Crippen LogP contribution is -2.47. The minimum atomic E-state index is 0.672. The molecule has 0 atom stereocenters. The Kier molecular flexibility index (Phi) is 2.55. The number of aryl methyl sites for hydroxylation is 1. The highest BCUT2D eigenvalue weighted by atomic mass is 32.2. The van der Waals surface area contributed by atoms with Crippen molar-refractivity contribution in [2.75, 3.05) is 5.75 Å². The van der Waals surface area contributed by atoms with E-state index in [-0.39, 0.29) is 0 Å². The van der Waals surface area contributed by atoms with Gasteiger partial charge in [-0.1, -0.05) is 11.8 Å². The number of nitrogens with zero attached hydrogens (tertiary/aromatic N) is 2. The van der Waals surface area contributed by atoms with Crippen LogP contribution < -0.4 is 0 Å². The topological polar surface area (TPSA) is 17.8 Å². The number of thioether (sulfide) groups is 1. The molecule has 0 N–H and O–H groups in total. The summed E-state index contributed by atoms with van der Waals surface area (Å²) >= 11 is 1.99. The van der Waals surface area contributed by atoms with Crippen molar-refractivity contribution in [3.05, 3.63) is 12.4 Å². The van der Waals surface area contributed by atoms with E-state index in [1.54, 1.807) is 19.3 Å². The summed E-state index contributed by atoms with van der Waals surface area (Å²) in [5.74, 6) is 4.51. The van der Waals surface area contributed by atoms with Crippen molar-refractivity contribution in [2.45, 2.75) is 43.7 Å². The molecular weight excluding hydrogens is 240 g/mol. The van der Waals surface area contributed by atoms with Crippen molar-refractivity contribution in [1.82, 2.24) is 9.55 Å². The van der Waals surface area contributed by atoms with E-state index in [0.717, 1.165) is 17.8 Å². The Morgan fingerprint density at radius 3 is 2.33 bits per heavy atom. The third-order valence-electron chi connectivity index (χ3n) is 5.45. The van der Waals surface area contributed by atoms with Gasteiger partial charge in [-0.25, -0.2) is 4.98 Å². The molecule has 18 heavy (non-hydrogen) atoms. The Bertz CT molecular complexity index is 416. The molecule has 1 aromatic rings. The molecule has 2 nitrogen and oxygen atoms in total. The Hall–Kier alpha value is -0.440. The van der Waals surface area contributed by atoms with Crippen molar-refractivity contribution >= 4 is 11.8 Å². The van der Waals surface area contributed by atoms with Crippen molar-refractivity contribution in [1.29, 1.82) is 0 Å². The first-order chi connectivity index (χ1) is 8.72. The lowest BCUT2D eigenvalue weighted by atomic mass is 9.50. The van der Waals surface area contributed by atoms with Crippen LogP contribution in [0.25, 0.3) is 0 Å². The van der Waals surface area contributed by atoms with Crippen LogP contribution in [0.4, 0.5) is 0 Å². The summed E-state index contributed by atoms with van der Waals surface area (Å²) in [7, 11) is 2.11. The quantitative estimate of drug-likeness (QED) is 0.773. The molecule has 0 spiro atoms. The minimum Gasteiger partial charge on any atom is -0.329 e. The standard InChI is InChI=1S/C15H22N2S/c1-17-3-2-16-14(17)18-10-15-7-11-4-12(8-15)6-13(5-11)9-15/h2-3,11-13H,4-10H2,1H3. The first-order valence-corrected chi connectivity index (χ1v) is 8.31. The Balaban J connectivity index is 1.49. The molecule has 98 valence electrons. The second-order valence-electron chi connectivity index (χ2n) is 7.03. The molecule has 0 aromatic carbocycles. The van der Waals surface area contributed by atoms with Gasteiger partial charge < -0.3 is 4.57 Å². The third-order valence-corrected chi connectivity index (χ3v) is 6.86. The number of rotatable bonds is 3. The largest absolute Gasteiger partial charge is 0.329 e. The summed E-state index contributed by atoms with van der Waals surface area (Å²) in [6.45, 7) is 0. The normalized spacial score (nSPS) is 41.5. The number of imidazole rings is 1. The van der Waals surface area contributed by atoms with Gasteiger partial charge in [0.25, 0.3) is 0 Å². The van der Waals surface area contributed by atoms with Crippen LogP contribution in [-0.4, -0.2) is 15.3 Å². The van der Waals surface area contributed by atoms with Crippen LogP contribution >= 0.6 is 11.8 Å². The molecule has 0 radical (unpaired) electrons. The SMILES string of the molecule is Cn1ccnc1SCC12CC3CC(CC(C3)C1)C2. The molecule has 0 amide bonds. The Morgan fingerprint density at radius 1 is 1.22 bits per heavy atom. The van der Waals surface area contributed by atoms with E-state index in [0.29, 0.717) is 5.41 Å². The predicted octanol–water partition coefficient (Wildman–Crippen LogP) is 3.73. The van der Waals surface area contributed by atoms with Crippen LogP contribution in [0.5, 0.6) is 0 Å². The first-order valence-electron chi connectivity index (χ1n) is 7.33. The third kappa shape index (κ3) is 1.82. The van der Waals surface area contributed by atoms with Gasteiger partial charge in [-0.3, -0.25) is 0 Å². The number of aromatic nitrogens is 2. The molecule has 1 aromatic heterocycles. The van der Waals surface area contributed by atoms with Crippen molar-refractivity contribution < 1.29 is 0 Å². The molecule has 1 heterocycles. The van der Waals surface area contributed by atoms with Gasteiger partial charge in [0.2, 0.25) is 0 Å². The summed E-state index contributed by atoms with van der Waals surface area (Å²) in [6.07, 6.45) is 13.2.